The first-order valence-electron chi connectivity index (χ1n) is 6.05. The van der Waals surface area contributed by atoms with Gasteiger partial charge in [-0.1, -0.05) is 34.1 Å². The highest BCUT2D eigenvalue weighted by Crippen LogP contribution is 2.16. The second kappa shape index (κ2) is 6.12. The van der Waals surface area contributed by atoms with E-state index in [1.807, 2.05) is 19.2 Å². The third-order valence-electron chi connectivity index (χ3n) is 2.95. The van der Waals surface area contributed by atoms with E-state index in [0.717, 1.165) is 16.7 Å². The molecule has 0 saturated carbocycles. The minimum atomic E-state index is 0.333. The Morgan fingerprint density at radius 1 is 1.17 bits per heavy atom. The molecule has 1 unspecified atom stereocenters. The molecule has 2 nitrogen and oxygen atoms in total. The van der Waals surface area contributed by atoms with Crippen molar-refractivity contribution in [3.8, 4) is 0 Å². The fraction of sp³-hybridized carbons (Fsp3) is 0.267. The molecule has 0 fully saturated rings. The zero-order chi connectivity index (χ0) is 13.0. The van der Waals surface area contributed by atoms with Crippen molar-refractivity contribution >= 4 is 15.9 Å². The Balaban J connectivity index is 1.93. The molecule has 94 valence electrons. The number of aryl methyl sites for hydroxylation is 1. The van der Waals surface area contributed by atoms with Gasteiger partial charge in [0.2, 0.25) is 0 Å². The van der Waals surface area contributed by atoms with Crippen LogP contribution in [0.1, 0.15) is 29.8 Å². The molecule has 1 heterocycles. The Morgan fingerprint density at radius 3 is 2.50 bits per heavy atom. The SMILES string of the molecule is Cc1ccc(CNC(C)c2ccc(Br)cc2)cn1. The Bertz CT molecular complexity index is 491. The lowest BCUT2D eigenvalue weighted by atomic mass is 10.1. The van der Waals surface area contributed by atoms with Crippen molar-refractivity contribution in [2.45, 2.75) is 26.4 Å². The first kappa shape index (κ1) is 13.2. The van der Waals surface area contributed by atoms with Gasteiger partial charge in [-0.15, -0.1) is 0 Å². The van der Waals surface area contributed by atoms with Crippen LogP contribution in [0.3, 0.4) is 0 Å². The minimum absolute atomic E-state index is 0.333. The van der Waals surface area contributed by atoms with Gasteiger partial charge in [-0.3, -0.25) is 4.98 Å². The van der Waals surface area contributed by atoms with Crippen LogP contribution in [0.2, 0.25) is 0 Å². The number of benzene rings is 1. The van der Waals surface area contributed by atoms with Gasteiger partial charge >= 0.3 is 0 Å². The summed E-state index contributed by atoms with van der Waals surface area (Å²) in [5.74, 6) is 0. The summed E-state index contributed by atoms with van der Waals surface area (Å²) in [5, 5.41) is 3.50. The monoisotopic (exact) mass is 304 g/mol. The summed E-state index contributed by atoms with van der Waals surface area (Å²) < 4.78 is 1.11. The molecule has 2 rings (SSSR count). The Kier molecular flexibility index (Phi) is 4.50. The van der Waals surface area contributed by atoms with Crippen molar-refractivity contribution < 1.29 is 0 Å². The van der Waals surface area contributed by atoms with Crippen LogP contribution in [0.25, 0.3) is 0 Å². The summed E-state index contributed by atoms with van der Waals surface area (Å²) in [6, 6.07) is 12.9. The normalized spacial score (nSPS) is 12.4. The molecule has 0 amide bonds. The number of pyridine rings is 1. The van der Waals surface area contributed by atoms with E-state index in [-0.39, 0.29) is 0 Å². The predicted molar refractivity (Wildman–Crippen MR) is 78.4 cm³/mol. The fourth-order valence-corrected chi connectivity index (χ4v) is 2.01. The number of hydrogen-bond donors (Lipinski definition) is 1. The van der Waals surface area contributed by atoms with Crippen molar-refractivity contribution in [3.63, 3.8) is 0 Å². The maximum atomic E-state index is 4.30. The van der Waals surface area contributed by atoms with E-state index in [1.54, 1.807) is 0 Å². The van der Waals surface area contributed by atoms with Crippen molar-refractivity contribution in [1.29, 1.82) is 0 Å². The highest BCUT2D eigenvalue weighted by atomic mass is 79.9. The average molecular weight is 305 g/mol. The molecule has 0 spiro atoms. The largest absolute Gasteiger partial charge is 0.306 e. The van der Waals surface area contributed by atoms with E-state index in [9.17, 15) is 0 Å². The third kappa shape index (κ3) is 3.65. The quantitative estimate of drug-likeness (QED) is 0.923. The molecule has 0 bridgehead atoms. The second-order valence-electron chi connectivity index (χ2n) is 4.46. The van der Waals surface area contributed by atoms with Crippen LogP contribution in [0.4, 0.5) is 0 Å². The van der Waals surface area contributed by atoms with Crippen molar-refractivity contribution in [2.75, 3.05) is 0 Å². The van der Waals surface area contributed by atoms with E-state index >= 15 is 0 Å². The number of nitrogens with zero attached hydrogens (tertiary/aromatic N) is 1. The Labute approximate surface area is 117 Å². The molecule has 0 aliphatic heterocycles. The van der Waals surface area contributed by atoms with Gasteiger partial charge in [0.1, 0.15) is 0 Å². The molecule has 0 aliphatic carbocycles. The van der Waals surface area contributed by atoms with Gasteiger partial charge in [-0.25, -0.2) is 0 Å². The summed E-state index contributed by atoms with van der Waals surface area (Å²) in [6.45, 7) is 5.01. The first-order valence-corrected chi connectivity index (χ1v) is 6.85. The summed E-state index contributed by atoms with van der Waals surface area (Å²) in [5.41, 5.74) is 3.56. The first-order chi connectivity index (χ1) is 8.65. The van der Waals surface area contributed by atoms with Gasteiger partial charge in [0.25, 0.3) is 0 Å². The lowest BCUT2D eigenvalue weighted by molar-refractivity contribution is 0.573. The smallest absolute Gasteiger partial charge is 0.0372 e. The van der Waals surface area contributed by atoms with Crippen LogP contribution in [0.5, 0.6) is 0 Å². The molecule has 2 aromatic rings. The van der Waals surface area contributed by atoms with Crippen molar-refractivity contribution in [3.05, 3.63) is 63.9 Å². The lowest BCUT2D eigenvalue weighted by Crippen LogP contribution is -2.18. The highest BCUT2D eigenvalue weighted by molar-refractivity contribution is 9.10. The van der Waals surface area contributed by atoms with Gasteiger partial charge in [0, 0.05) is 29.0 Å². The van der Waals surface area contributed by atoms with Crippen LogP contribution >= 0.6 is 15.9 Å². The molecular weight excluding hydrogens is 288 g/mol. The maximum Gasteiger partial charge on any atom is 0.0372 e. The molecule has 0 saturated heterocycles. The van der Waals surface area contributed by atoms with E-state index in [1.165, 1.54) is 11.1 Å². The van der Waals surface area contributed by atoms with Gasteiger partial charge in [-0.2, -0.15) is 0 Å². The van der Waals surface area contributed by atoms with Crippen molar-refractivity contribution in [1.82, 2.24) is 10.3 Å². The van der Waals surface area contributed by atoms with Gasteiger partial charge < -0.3 is 5.32 Å². The molecule has 18 heavy (non-hydrogen) atoms. The Hall–Kier alpha value is -1.19. The lowest BCUT2D eigenvalue weighted by Gasteiger charge is -2.14. The minimum Gasteiger partial charge on any atom is -0.306 e. The Morgan fingerprint density at radius 2 is 1.89 bits per heavy atom. The zero-order valence-corrected chi connectivity index (χ0v) is 12.2. The van der Waals surface area contributed by atoms with E-state index in [2.05, 4.69) is 63.5 Å². The van der Waals surface area contributed by atoms with Crippen molar-refractivity contribution in [2.24, 2.45) is 0 Å². The van der Waals surface area contributed by atoms with Crippen LogP contribution < -0.4 is 5.32 Å². The standard InChI is InChI=1S/C15H17BrN2/c1-11-3-4-13(9-17-11)10-18-12(2)14-5-7-15(16)8-6-14/h3-9,12,18H,10H2,1-2H3. The van der Waals surface area contributed by atoms with Gasteiger partial charge in [0.15, 0.2) is 0 Å². The third-order valence-corrected chi connectivity index (χ3v) is 3.48. The summed E-state index contributed by atoms with van der Waals surface area (Å²) in [6.07, 6.45) is 1.93. The number of aromatic nitrogens is 1. The fourth-order valence-electron chi connectivity index (χ4n) is 1.74. The number of halogens is 1. The number of nitrogens with one attached hydrogen (secondary N) is 1. The van der Waals surface area contributed by atoms with Crippen LogP contribution in [-0.2, 0) is 6.54 Å². The molecule has 1 aromatic carbocycles. The highest BCUT2D eigenvalue weighted by Gasteiger charge is 2.04. The molecule has 3 heteroatoms. The van der Waals surface area contributed by atoms with Crippen LogP contribution in [0.15, 0.2) is 47.1 Å². The molecule has 1 aromatic heterocycles. The number of rotatable bonds is 4. The molecule has 0 radical (unpaired) electrons. The summed E-state index contributed by atoms with van der Waals surface area (Å²) in [4.78, 5) is 4.30. The van der Waals surface area contributed by atoms with E-state index < -0.39 is 0 Å². The van der Waals surface area contributed by atoms with Gasteiger partial charge in [-0.05, 0) is 43.2 Å². The second-order valence-corrected chi connectivity index (χ2v) is 5.38. The molecule has 1 N–H and O–H groups in total. The summed E-state index contributed by atoms with van der Waals surface area (Å²) >= 11 is 3.45. The molecule has 0 aliphatic rings. The van der Waals surface area contributed by atoms with E-state index in [0.29, 0.717) is 6.04 Å². The number of hydrogen-bond acceptors (Lipinski definition) is 2. The maximum absolute atomic E-state index is 4.30. The van der Waals surface area contributed by atoms with Gasteiger partial charge in [0.05, 0.1) is 0 Å². The van der Waals surface area contributed by atoms with Crippen LogP contribution in [-0.4, -0.2) is 4.98 Å². The average Bonchev–Trinajstić information content (AvgIpc) is 2.38. The van der Waals surface area contributed by atoms with Crippen LogP contribution in [0, 0.1) is 6.92 Å². The topological polar surface area (TPSA) is 24.9 Å². The van der Waals surface area contributed by atoms with E-state index in [4.69, 9.17) is 0 Å². The molecule has 1 atom stereocenters. The zero-order valence-electron chi connectivity index (χ0n) is 10.7. The molecular formula is C15H17BrN2. The predicted octanol–water partition coefficient (Wildman–Crippen LogP) is 4.00. The summed E-state index contributed by atoms with van der Waals surface area (Å²) in [7, 11) is 0.